The van der Waals surface area contributed by atoms with E-state index in [-0.39, 0.29) is 16.6 Å². The van der Waals surface area contributed by atoms with E-state index in [9.17, 15) is 9.50 Å². The Balaban J connectivity index is 3.09. The quantitative estimate of drug-likeness (QED) is 0.883. The van der Waals surface area contributed by atoms with Crippen LogP contribution in [0, 0.1) is 5.82 Å². The SMILES string of the molecule is CNCC(O)c1cc(OC)cc(Br)c1F. The van der Waals surface area contributed by atoms with Crippen LogP contribution >= 0.6 is 15.9 Å². The topological polar surface area (TPSA) is 41.5 Å². The summed E-state index contributed by atoms with van der Waals surface area (Å²) >= 11 is 3.07. The number of nitrogens with one attached hydrogen (secondary N) is 1. The molecule has 0 saturated heterocycles. The van der Waals surface area contributed by atoms with Crippen LogP contribution in [0.5, 0.6) is 5.75 Å². The standard InChI is InChI=1S/C10H13BrFNO2/c1-13-5-9(14)7-3-6(15-2)4-8(11)10(7)12/h3-4,9,13-14H,5H2,1-2H3. The zero-order valence-electron chi connectivity index (χ0n) is 8.55. The number of ether oxygens (including phenoxy) is 1. The highest BCUT2D eigenvalue weighted by molar-refractivity contribution is 9.10. The lowest BCUT2D eigenvalue weighted by atomic mass is 10.1. The van der Waals surface area contributed by atoms with Gasteiger partial charge >= 0.3 is 0 Å². The summed E-state index contributed by atoms with van der Waals surface area (Å²) in [4.78, 5) is 0. The molecule has 15 heavy (non-hydrogen) atoms. The first-order chi connectivity index (χ1) is 7.10. The zero-order chi connectivity index (χ0) is 11.4. The van der Waals surface area contributed by atoms with E-state index < -0.39 is 11.9 Å². The van der Waals surface area contributed by atoms with Gasteiger partial charge in [-0.1, -0.05) is 0 Å². The molecular formula is C10H13BrFNO2. The molecular weight excluding hydrogens is 265 g/mol. The lowest BCUT2D eigenvalue weighted by Gasteiger charge is -2.13. The van der Waals surface area contributed by atoms with Crippen molar-refractivity contribution in [1.82, 2.24) is 5.32 Å². The molecule has 0 aliphatic heterocycles. The van der Waals surface area contributed by atoms with Crippen molar-refractivity contribution in [3.8, 4) is 5.75 Å². The van der Waals surface area contributed by atoms with E-state index >= 15 is 0 Å². The summed E-state index contributed by atoms with van der Waals surface area (Å²) in [5.74, 6) is 0.0481. The molecule has 5 heteroatoms. The molecule has 0 heterocycles. The molecule has 0 spiro atoms. The summed E-state index contributed by atoms with van der Waals surface area (Å²) in [5, 5.41) is 12.4. The number of aliphatic hydroxyl groups is 1. The Bertz CT molecular complexity index is 346. The maximum Gasteiger partial charge on any atom is 0.143 e. The molecule has 0 saturated carbocycles. The van der Waals surface area contributed by atoms with Crippen LogP contribution < -0.4 is 10.1 Å². The van der Waals surface area contributed by atoms with E-state index in [1.54, 1.807) is 7.05 Å². The Hall–Kier alpha value is -0.650. The molecule has 1 rings (SSSR count). The number of hydrogen-bond acceptors (Lipinski definition) is 3. The van der Waals surface area contributed by atoms with Gasteiger partial charge in [-0.25, -0.2) is 4.39 Å². The van der Waals surface area contributed by atoms with Gasteiger partial charge in [0.15, 0.2) is 0 Å². The van der Waals surface area contributed by atoms with Gasteiger partial charge in [-0.2, -0.15) is 0 Å². The zero-order valence-corrected chi connectivity index (χ0v) is 10.1. The Morgan fingerprint density at radius 1 is 1.60 bits per heavy atom. The molecule has 0 aliphatic carbocycles. The van der Waals surface area contributed by atoms with Crippen LogP contribution in [0.4, 0.5) is 4.39 Å². The first-order valence-electron chi connectivity index (χ1n) is 4.45. The van der Waals surface area contributed by atoms with Gasteiger partial charge in [0.05, 0.1) is 17.7 Å². The molecule has 0 fully saturated rings. The predicted molar refractivity (Wildman–Crippen MR) is 59.5 cm³/mol. The second-order valence-electron chi connectivity index (χ2n) is 3.09. The number of likely N-dealkylation sites (N-methyl/N-ethyl adjacent to an activating group) is 1. The van der Waals surface area contributed by atoms with Crippen molar-refractivity contribution in [2.45, 2.75) is 6.10 Å². The Morgan fingerprint density at radius 3 is 2.80 bits per heavy atom. The molecule has 0 bridgehead atoms. The molecule has 3 nitrogen and oxygen atoms in total. The van der Waals surface area contributed by atoms with Crippen molar-refractivity contribution in [2.75, 3.05) is 20.7 Å². The molecule has 0 radical (unpaired) electrons. The minimum absolute atomic E-state index is 0.218. The number of rotatable bonds is 4. The highest BCUT2D eigenvalue weighted by atomic mass is 79.9. The van der Waals surface area contributed by atoms with Crippen molar-refractivity contribution in [2.24, 2.45) is 0 Å². The van der Waals surface area contributed by atoms with Crippen molar-refractivity contribution >= 4 is 15.9 Å². The first-order valence-corrected chi connectivity index (χ1v) is 5.25. The molecule has 1 aromatic rings. The Morgan fingerprint density at radius 2 is 2.27 bits per heavy atom. The number of methoxy groups -OCH3 is 1. The molecule has 1 unspecified atom stereocenters. The van der Waals surface area contributed by atoms with Gasteiger partial charge in [0.2, 0.25) is 0 Å². The largest absolute Gasteiger partial charge is 0.497 e. The molecule has 84 valence electrons. The number of aliphatic hydroxyl groups excluding tert-OH is 1. The third-order valence-corrected chi connectivity index (χ3v) is 2.60. The summed E-state index contributed by atoms with van der Waals surface area (Å²) in [7, 11) is 3.18. The highest BCUT2D eigenvalue weighted by Crippen LogP contribution is 2.29. The van der Waals surface area contributed by atoms with Crippen LogP contribution in [0.15, 0.2) is 16.6 Å². The van der Waals surface area contributed by atoms with Gasteiger partial charge in [0.25, 0.3) is 0 Å². The maximum absolute atomic E-state index is 13.6. The number of halogens is 2. The van der Waals surface area contributed by atoms with Crippen LogP contribution in [0.3, 0.4) is 0 Å². The van der Waals surface area contributed by atoms with Gasteiger partial charge < -0.3 is 15.2 Å². The monoisotopic (exact) mass is 277 g/mol. The Kier molecular flexibility index (Phi) is 4.50. The second kappa shape index (κ2) is 5.44. The van der Waals surface area contributed by atoms with Crippen LogP contribution in [0.1, 0.15) is 11.7 Å². The first kappa shape index (κ1) is 12.4. The van der Waals surface area contributed by atoms with Crippen LogP contribution in [-0.4, -0.2) is 25.8 Å². The molecule has 0 aliphatic rings. The molecule has 0 aromatic heterocycles. The van der Waals surface area contributed by atoms with E-state index in [4.69, 9.17) is 4.74 Å². The second-order valence-corrected chi connectivity index (χ2v) is 3.94. The highest BCUT2D eigenvalue weighted by Gasteiger charge is 2.16. The lowest BCUT2D eigenvalue weighted by molar-refractivity contribution is 0.172. The molecule has 0 amide bonds. The van der Waals surface area contributed by atoms with Crippen molar-refractivity contribution in [1.29, 1.82) is 0 Å². The normalized spacial score (nSPS) is 12.6. The minimum atomic E-state index is -0.888. The van der Waals surface area contributed by atoms with Crippen molar-refractivity contribution in [3.63, 3.8) is 0 Å². The number of hydrogen-bond donors (Lipinski definition) is 2. The fourth-order valence-electron chi connectivity index (χ4n) is 1.25. The van der Waals surface area contributed by atoms with E-state index in [0.29, 0.717) is 5.75 Å². The summed E-state index contributed by atoms with van der Waals surface area (Å²) in [6.07, 6.45) is -0.888. The van der Waals surface area contributed by atoms with Gasteiger partial charge in [0.1, 0.15) is 11.6 Å². The van der Waals surface area contributed by atoms with Gasteiger partial charge in [-0.15, -0.1) is 0 Å². The molecule has 1 aromatic carbocycles. The van der Waals surface area contributed by atoms with Crippen LogP contribution in [0.2, 0.25) is 0 Å². The summed E-state index contributed by atoms with van der Waals surface area (Å²) in [6, 6.07) is 3.01. The average molecular weight is 278 g/mol. The molecule has 1 atom stereocenters. The van der Waals surface area contributed by atoms with E-state index in [1.807, 2.05) is 0 Å². The third kappa shape index (κ3) is 2.90. The lowest BCUT2D eigenvalue weighted by Crippen LogP contribution is -2.17. The molecule has 2 N–H and O–H groups in total. The summed E-state index contributed by atoms with van der Waals surface area (Å²) in [5.41, 5.74) is 0.218. The van der Waals surface area contributed by atoms with Gasteiger partial charge in [0, 0.05) is 12.1 Å². The van der Waals surface area contributed by atoms with Gasteiger partial charge in [-0.3, -0.25) is 0 Å². The van der Waals surface area contributed by atoms with Crippen molar-refractivity contribution < 1.29 is 14.2 Å². The van der Waals surface area contributed by atoms with Crippen molar-refractivity contribution in [3.05, 3.63) is 28.0 Å². The average Bonchev–Trinajstić information content (AvgIpc) is 2.22. The predicted octanol–water partition coefficient (Wildman–Crippen LogP) is 1.85. The van der Waals surface area contributed by atoms with E-state index in [0.717, 1.165) is 0 Å². The minimum Gasteiger partial charge on any atom is -0.497 e. The van der Waals surface area contributed by atoms with Gasteiger partial charge in [-0.05, 0) is 35.1 Å². The summed E-state index contributed by atoms with van der Waals surface area (Å²) in [6.45, 7) is 0.288. The smallest absolute Gasteiger partial charge is 0.143 e. The fourth-order valence-corrected chi connectivity index (χ4v) is 1.70. The third-order valence-electron chi connectivity index (χ3n) is 2.02. The Labute approximate surface area is 96.4 Å². The fraction of sp³-hybridized carbons (Fsp3) is 0.400. The van der Waals surface area contributed by atoms with Crippen LogP contribution in [-0.2, 0) is 0 Å². The van der Waals surface area contributed by atoms with E-state index in [2.05, 4.69) is 21.2 Å². The number of benzene rings is 1. The van der Waals surface area contributed by atoms with E-state index in [1.165, 1.54) is 19.2 Å². The summed E-state index contributed by atoms with van der Waals surface area (Å²) < 4.78 is 18.9. The van der Waals surface area contributed by atoms with Crippen LogP contribution in [0.25, 0.3) is 0 Å². The maximum atomic E-state index is 13.6.